The number of rotatable bonds is 4. The summed E-state index contributed by atoms with van der Waals surface area (Å²) in [4.78, 5) is 4.16. The molecule has 1 aliphatic rings. The lowest BCUT2D eigenvalue weighted by Gasteiger charge is -2.11. The molecule has 0 amide bonds. The van der Waals surface area contributed by atoms with Crippen LogP contribution in [0.5, 0.6) is 0 Å². The second kappa shape index (κ2) is 4.69. The molecule has 0 aliphatic carbocycles. The van der Waals surface area contributed by atoms with Crippen LogP contribution in [0, 0.1) is 0 Å². The van der Waals surface area contributed by atoms with Crippen molar-refractivity contribution >= 4 is 15.8 Å². The lowest BCUT2D eigenvalue weighted by atomic mass is 10.2. The molecule has 0 fully saturated rings. The second-order valence-electron chi connectivity index (χ2n) is 2.89. The topological polar surface area (TPSA) is 76.0 Å². The molecule has 0 bridgehead atoms. The van der Waals surface area contributed by atoms with Crippen LogP contribution in [-0.4, -0.2) is 44.2 Å². The van der Waals surface area contributed by atoms with Gasteiger partial charge in [0.05, 0.1) is 25.5 Å². The van der Waals surface area contributed by atoms with Crippen LogP contribution in [0.4, 0.5) is 0 Å². The van der Waals surface area contributed by atoms with Crippen LogP contribution in [0.25, 0.3) is 0 Å². The van der Waals surface area contributed by atoms with Crippen LogP contribution in [0.1, 0.15) is 12.8 Å². The van der Waals surface area contributed by atoms with E-state index >= 15 is 0 Å². The average Bonchev–Trinajstić information content (AvgIpc) is 2.04. The van der Waals surface area contributed by atoms with Crippen LogP contribution < -0.4 is 0 Å². The smallest absolute Gasteiger partial charge is 0.264 e. The van der Waals surface area contributed by atoms with E-state index in [1.54, 1.807) is 0 Å². The first-order valence-electron chi connectivity index (χ1n) is 4.13. The van der Waals surface area contributed by atoms with E-state index in [2.05, 4.69) is 4.99 Å². The molecule has 0 unspecified atom stereocenters. The summed E-state index contributed by atoms with van der Waals surface area (Å²) < 4.78 is 34.3. The van der Waals surface area contributed by atoms with Gasteiger partial charge in [-0.1, -0.05) is 0 Å². The molecule has 1 N–H and O–H groups in total. The van der Waals surface area contributed by atoms with Gasteiger partial charge in [0.25, 0.3) is 10.1 Å². The van der Waals surface area contributed by atoms with Gasteiger partial charge in [-0.05, 0) is 12.8 Å². The van der Waals surface area contributed by atoms with Crippen molar-refractivity contribution in [3.63, 3.8) is 0 Å². The number of aliphatic imine (C=N–C) groups is 1. The molecule has 0 atom stereocenters. The molecule has 1 heterocycles. The summed E-state index contributed by atoms with van der Waals surface area (Å²) in [5.41, 5.74) is 0.884. The Morgan fingerprint density at radius 1 is 1.54 bits per heavy atom. The maximum absolute atomic E-state index is 10.4. The molecule has 6 heteroatoms. The Hall–Kier alpha value is -0.460. The summed E-state index contributed by atoms with van der Waals surface area (Å²) in [6, 6.07) is 0. The van der Waals surface area contributed by atoms with Gasteiger partial charge < -0.3 is 4.74 Å². The molecule has 0 aromatic carbocycles. The van der Waals surface area contributed by atoms with E-state index in [9.17, 15) is 8.42 Å². The van der Waals surface area contributed by atoms with Gasteiger partial charge in [-0.15, -0.1) is 0 Å². The molecule has 0 aromatic rings. The minimum absolute atomic E-state index is 0.202. The van der Waals surface area contributed by atoms with Gasteiger partial charge in [0.1, 0.15) is 0 Å². The number of hydrogen-bond donors (Lipinski definition) is 1. The highest BCUT2D eigenvalue weighted by atomic mass is 32.2. The summed E-state index contributed by atoms with van der Waals surface area (Å²) >= 11 is 0. The van der Waals surface area contributed by atoms with Gasteiger partial charge in [-0.3, -0.25) is 9.55 Å². The molecular weight excluding hydrogens is 194 g/mol. The first kappa shape index (κ1) is 10.6. The third-order valence-corrected chi connectivity index (χ3v) is 2.51. The van der Waals surface area contributed by atoms with E-state index in [1.807, 2.05) is 0 Å². The lowest BCUT2D eigenvalue weighted by Crippen LogP contribution is -2.18. The molecule has 5 nitrogen and oxygen atoms in total. The van der Waals surface area contributed by atoms with Crippen molar-refractivity contribution in [3.8, 4) is 0 Å². The zero-order chi connectivity index (χ0) is 9.73. The highest BCUT2D eigenvalue weighted by Gasteiger charge is 2.08. The Morgan fingerprint density at radius 2 is 2.31 bits per heavy atom. The Bertz CT molecular complexity index is 283. The van der Waals surface area contributed by atoms with Crippen LogP contribution in [0.15, 0.2) is 4.99 Å². The van der Waals surface area contributed by atoms with Crippen LogP contribution in [0.2, 0.25) is 0 Å². The summed E-state index contributed by atoms with van der Waals surface area (Å²) in [5, 5.41) is 0. The third kappa shape index (κ3) is 4.97. The summed E-state index contributed by atoms with van der Waals surface area (Å²) in [7, 11) is -3.82. The van der Waals surface area contributed by atoms with E-state index in [-0.39, 0.29) is 5.75 Å². The quantitative estimate of drug-likeness (QED) is 0.664. The summed E-state index contributed by atoms with van der Waals surface area (Å²) in [6.07, 6.45) is 0.987. The molecule has 1 aliphatic heterocycles. The molecule has 0 saturated carbocycles. The minimum atomic E-state index is -3.82. The van der Waals surface area contributed by atoms with Crippen LogP contribution in [-0.2, 0) is 14.9 Å². The second-order valence-corrected chi connectivity index (χ2v) is 4.46. The Balaban J connectivity index is 2.22. The van der Waals surface area contributed by atoms with E-state index in [0.717, 1.165) is 5.71 Å². The fourth-order valence-electron chi connectivity index (χ4n) is 1.11. The van der Waals surface area contributed by atoms with E-state index < -0.39 is 10.1 Å². The third-order valence-electron chi connectivity index (χ3n) is 1.71. The summed E-state index contributed by atoms with van der Waals surface area (Å²) in [5.74, 6) is -0.202. The maximum Gasteiger partial charge on any atom is 0.264 e. The fraction of sp³-hybridized carbons (Fsp3) is 0.857. The Kier molecular flexibility index (Phi) is 3.83. The molecule has 13 heavy (non-hydrogen) atoms. The molecule has 0 aromatic heterocycles. The predicted octanol–water partition coefficient (Wildman–Crippen LogP) is 0.126. The van der Waals surface area contributed by atoms with Gasteiger partial charge in [0, 0.05) is 5.71 Å². The first-order chi connectivity index (χ1) is 6.08. The van der Waals surface area contributed by atoms with Crippen molar-refractivity contribution in [2.24, 2.45) is 4.99 Å². The van der Waals surface area contributed by atoms with Crippen LogP contribution >= 0.6 is 0 Å². The van der Waals surface area contributed by atoms with Gasteiger partial charge in [0.15, 0.2) is 0 Å². The van der Waals surface area contributed by atoms with Crippen molar-refractivity contribution in [1.82, 2.24) is 0 Å². The highest BCUT2D eigenvalue weighted by Crippen LogP contribution is 2.01. The molecule has 0 radical (unpaired) electrons. The van der Waals surface area contributed by atoms with E-state index in [0.29, 0.717) is 32.6 Å². The predicted molar refractivity (Wildman–Crippen MR) is 48.8 cm³/mol. The van der Waals surface area contributed by atoms with Crippen molar-refractivity contribution < 1.29 is 17.7 Å². The molecule has 0 spiro atoms. The van der Waals surface area contributed by atoms with Crippen molar-refractivity contribution in [1.29, 1.82) is 0 Å². The van der Waals surface area contributed by atoms with Gasteiger partial charge in [0.2, 0.25) is 0 Å². The number of hydrogen-bond acceptors (Lipinski definition) is 4. The van der Waals surface area contributed by atoms with Crippen molar-refractivity contribution in [3.05, 3.63) is 0 Å². The largest absolute Gasteiger partial charge is 0.374 e. The standard InChI is InChI=1S/C7H13NO4S/c9-13(10,11)5-1-2-7-6-12-4-3-8-7/h1-6H2,(H,9,10,11). The molecule has 76 valence electrons. The normalized spacial score (nSPS) is 18.4. The highest BCUT2D eigenvalue weighted by molar-refractivity contribution is 7.85. The average molecular weight is 207 g/mol. The lowest BCUT2D eigenvalue weighted by molar-refractivity contribution is 0.169. The maximum atomic E-state index is 10.4. The number of nitrogens with zero attached hydrogens (tertiary/aromatic N) is 1. The SMILES string of the molecule is O=S(=O)(O)CCCC1=NCCOC1. The van der Waals surface area contributed by atoms with Crippen molar-refractivity contribution in [2.75, 3.05) is 25.5 Å². The minimum Gasteiger partial charge on any atom is -0.374 e. The zero-order valence-corrected chi connectivity index (χ0v) is 8.09. The van der Waals surface area contributed by atoms with E-state index in [4.69, 9.17) is 9.29 Å². The fourth-order valence-corrected chi connectivity index (χ4v) is 1.62. The zero-order valence-electron chi connectivity index (χ0n) is 7.27. The molecular formula is C7H13NO4S. The van der Waals surface area contributed by atoms with Crippen LogP contribution in [0.3, 0.4) is 0 Å². The van der Waals surface area contributed by atoms with E-state index in [1.165, 1.54) is 0 Å². The van der Waals surface area contributed by atoms with Gasteiger partial charge in [-0.2, -0.15) is 8.42 Å². The monoisotopic (exact) mass is 207 g/mol. The van der Waals surface area contributed by atoms with Gasteiger partial charge >= 0.3 is 0 Å². The van der Waals surface area contributed by atoms with Gasteiger partial charge in [-0.25, -0.2) is 0 Å². The summed E-state index contributed by atoms with van der Waals surface area (Å²) in [6.45, 7) is 1.79. The first-order valence-corrected chi connectivity index (χ1v) is 5.74. The Morgan fingerprint density at radius 3 is 2.85 bits per heavy atom. The number of ether oxygens (including phenoxy) is 1. The molecule has 1 rings (SSSR count). The Labute approximate surface area is 77.6 Å². The molecule has 0 saturated heterocycles. The van der Waals surface area contributed by atoms with Crippen molar-refractivity contribution in [2.45, 2.75) is 12.8 Å².